The number of carbonyl (C=O) groups excluding carboxylic acids is 2. The summed E-state index contributed by atoms with van der Waals surface area (Å²) in [6, 6.07) is 15.8. The van der Waals surface area contributed by atoms with Crippen molar-refractivity contribution in [2.45, 2.75) is 38.6 Å². The lowest BCUT2D eigenvalue weighted by molar-refractivity contribution is -0.115. The van der Waals surface area contributed by atoms with Crippen molar-refractivity contribution < 1.29 is 14.0 Å². The van der Waals surface area contributed by atoms with E-state index in [1.165, 1.54) is 16.2 Å². The number of furan rings is 1. The van der Waals surface area contributed by atoms with Crippen molar-refractivity contribution in [1.29, 1.82) is 0 Å². The van der Waals surface area contributed by atoms with Crippen LogP contribution in [0.5, 0.6) is 0 Å². The van der Waals surface area contributed by atoms with E-state index in [9.17, 15) is 9.59 Å². The number of carbonyl (C=O) groups is 2. The molecule has 3 aromatic heterocycles. The van der Waals surface area contributed by atoms with Gasteiger partial charge >= 0.3 is 0 Å². The van der Waals surface area contributed by atoms with E-state index in [0.29, 0.717) is 17.1 Å². The van der Waals surface area contributed by atoms with Crippen LogP contribution in [0.15, 0.2) is 71.6 Å². The summed E-state index contributed by atoms with van der Waals surface area (Å²) in [5.41, 5.74) is 4.21. The van der Waals surface area contributed by atoms with Crippen LogP contribution in [0.2, 0.25) is 0 Å². The number of fused-ring (bicyclic) bond motifs is 4. The maximum atomic E-state index is 13.3. The maximum absolute atomic E-state index is 13.3. The summed E-state index contributed by atoms with van der Waals surface area (Å²) in [4.78, 5) is 31.9. The number of anilines is 1. The second-order valence-corrected chi connectivity index (χ2v) is 10.2. The number of aromatic nitrogens is 1. The first-order valence-electron chi connectivity index (χ1n) is 12.2. The van der Waals surface area contributed by atoms with E-state index in [4.69, 9.17) is 4.42 Å². The molecule has 0 saturated carbocycles. The molecule has 0 fully saturated rings. The minimum atomic E-state index is -0.162. The van der Waals surface area contributed by atoms with Gasteiger partial charge in [0.25, 0.3) is 5.91 Å². The summed E-state index contributed by atoms with van der Waals surface area (Å²) in [6.07, 6.45) is 9.23. The van der Waals surface area contributed by atoms with Crippen LogP contribution in [0.4, 0.5) is 5.00 Å². The summed E-state index contributed by atoms with van der Waals surface area (Å²) >= 11 is 1.53. The molecule has 1 aliphatic carbocycles. The van der Waals surface area contributed by atoms with Gasteiger partial charge in [-0.25, -0.2) is 0 Å². The van der Waals surface area contributed by atoms with Gasteiger partial charge in [0, 0.05) is 34.8 Å². The number of hydrogen-bond donors (Lipinski definition) is 2. The van der Waals surface area contributed by atoms with Crippen molar-refractivity contribution in [2.75, 3.05) is 5.32 Å². The average Bonchev–Trinajstić information content (AvgIpc) is 3.49. The molecule has 0 saturated heterocycles. The Bertz CT molecular complexity index is 1590. The number of benzene rings is 2. The van der Waals surface area contributed by atoms with Crippen molar-refractivity contribution in [1.82, 2.24) is 10.3 Å². The lowest BCUT2D eigenvalue weighted by atomic mass is 9.95. The van der Waals surface area contributed by atoms with Crippen LogP contribution in [0.25, 0.3) is 21.7 Å². The third-order valence-corrected chi connectivity index (χ3v) is 7.93. The van der Waals surface area contributed by atoms with Gasteiger partial charge in [0.1, 0.15) is 10.6 Å². The first-order valence-corrected chi connectivity index (χ1v) is 13.0. The van der Waals surface area contributed by atoms with E-state index in [2.05, 4.69) is 21.7 Å². The highest BCUT2D eigenvalue weighted by molar-refractivity contribution is 7.17. The molecule has 0 atom stereocenters. The van der Waals surface area contributed by atoms with Crippen molar-refractivity contribution in [2.24, 2.45) is 0 Å². The minimum absolute atomic E-state index is 0.159. The lowest BCUT2D eigenvalue weighted by Gasteiger charge is -2.13. The Labute approximate surface area is 212 Å². The molecule has 0 aliphatic heterocycles. The van der Waals surface area contributed by atoms with Gasteiger partial charge in [-0.1, -0.05) is 36.4 Å². The molecule has 1 aliphatic rings. The fourth-order valence-electron chi connectivity index (χ4n) is 5.02. The lowest BCUT2D eigenvalue weighted by Crippen LogP contribution is -2.25. The number of nitrogens with one attached hydrogen (secondary N) is 2. The van der Waals surface area contributed by atoms with Crippen LogP contribution in [0.3, 0.4) is 0 Å². The molecule has 2 aromatic carbocycles. The molecule has 3 heterocycles. The maximum Gasteiger partial charge on any atom is 0.254 e. The van der Waals surface area contributed by atoms with Crippen LogP contribution in [-0.4, -0.2) is 16.8 Å². The summed E-state index contributed by atoms with van der Waals surface area (Å²) in [6.45, 7) is 0.388. The number of pyridine rings is 1. The van der Waals surface area contributed by atoms with Gasteiger partial charge in [-0.3, -0.25) is 14.6 Å². The quantitative estimate of drug-likeness (QED) is 0.301. The standard InChI is InChI=1S/C29H25N3O3S/c33-25(14-20-17-35-23-12-11-19-7-1-2-8-21(19)26(20)23)32-29-27(22-9-3-4-10-24(22)36-29)28(34)31-16-18-6-5-13-30-15-18/h1-2,5-8,11-13,15,17H,3-4,9-10,14,16H2,(H,31,34)(H,32,33). The molecule has 0 radical (unpaired) electrons. The van der Waals surface area contributed by atoms with Gasteiger partial charge in [-0.05, 0) is 59.7 Å². The van der Waals surface area contributed by atoms with E-state index in [1.807, 2.05) is 42.5 Å². The third-order valence-electron chi connectivity index (χ3n) is 6.72. The topological polar surface area (TPSA) is 84.2 Å². The van der Waals surface area contributed by atoms with Gasteiger partial charge in [0.15, 0.2) is 0 Å². The zero-order valence-electron chi connectivity index (χ0n) is 19.7. The zero-order valence-corrected chi connectivity index (χ0v) is 20.5. The molecule has 6 nitrogen and oxygen atoms in total. The number of rotatable bonds is 6. The van der Waals surface area contributed by atoms with Crippen molar-refractivity contribution in [3.8, 4) is 0 Å². The SMILES string of the molecule is O=C(Cc1coc2ccc3ccccc3c12)Nc1sc2c(c1C(=O)NCc1cccnc1)CCCC2. The van der Waals surface area contributed by atoms with Gasteiger partial charge in [-0.2, -0.15) is 0 Å². The predicted molar refractivity (Wildman–Crippen MR) is 142 cm³/mol. The summed E-state index contributed by atoms with van der Waals surface area (Å²) < 4.78 is 5.76. The van der Waals surface area contributed by atoms with Crippen LogP contribution in [0, 0.1) is 0 Å². The molecule has 7 heteroatoms. The van der Waals surface area contributed by atoms with E-state index in [0.717, 1.165) is 64.1 Å². The van der Waals surface area contributed by atoms with Crippen molar-refractivity contribution in [3.05, 3.63) is 94.3 Å². The molecule has 0 spiro atoms. The van der Waals surface area contributed by atoms with E-state index < -0.39 is 0 Å². The highest BCUT2D eigenvalue weighted by Gasteiger charge is 2.26. The molecule has 36 heavy (non-hydrogen) atoms. The third kappa shape index (κ3) is 4.27. The highest BCUT2D eigenvalue weighted by Crippen LogP contribution is 2.38. The number of aryl methyl sites for hydroxylation is 1. The second kappa shape index (κ2) is 9.59. The van der Waals surface area contributed by atoms with Crippen molar-refractivity contribution >= 4 is 49.9 Å². The van der Waals surface area contributed by atoms with E-state index in [-0.39, 0.29) is 18.2 Å². The summed E-state index contributed by atoms with van der Waals surface area (Å²) in [5.74, 6) is -0.321. The summed E-state index contributed by atoms with van der Waals surface area (Å²) in [5, 5.41) is 9.84. The molecule has 2 N–H and O–H groups in total. The number of thiophene rings is 1. The molecule has 0 bridgehead atoms. The highest BCUT2D eigenvalue weighted by atomic mass is 32.1. The Morgan fingerprint density at radius 2 is 1.92 bits per heavy atom. The Morgan fingerprint density at radius 1 is 1.03 bits per heavy atom. The molecule has 5 aromatic rings. The van der Waals surface area contributed by atoms with Gasteiger partial charge in [-0.15, -0.1) is 11.3 Å². The molecule has 0 unspecified atom stereocenters. The van der Waals surface area contributed by atoms with Crippen LogP contribution >= 0.6 is 11.3 Å². The minimum Gasteiger partial charge on any atom is -0.464 e. The number of nitrogens with zero attached hydrogens (tertiary/aromatic N) is 1. The van der Waals surface area contributed by atoms with E-state index in [1.54, 1.807) is 18.7 Å². The van der Waals surface area contributed by atoms with Gasteiger partial charge < -0.3 is 15.1 Å². The summed E-state index contributed by atoms with van der Waals surface area (Å²) in [7, 11) is 0. The number of hydrogen-bond acceptors (Lipinski definition) is 5. The molecular weight excluding hydrogens is 470 g/mol. The first-order chi connectivity index (χ1) is 17.7. The zero-order chi connectivity index (χ0) is 24.5. The van der Waals surface area contributed by atoms with Crippen molar-refractivity contribution in [3.63, 3.8) is 0 Å². The Kier molecular flexibility index (Phi) is 5.99. The second-order valence-electron chi connectivity index (χ2n) is 9.10. The van der Waals surface area contributed by atoms with Crippen LogP contribution in [-0.2, 0) is 30.6 Å². The Hall–Kier alpha value is -3.97. The fraction of sp³-hybridized carbons (Fsp3) is 0.207. The van der Waals surface area contributed by atoms with Crippen LogP contribution < -0.4 is 10.6 Å². The smallest absolute Gasteiger partial charge is 0.254 e. The number of amides is 2. The van der Waals surface area contributed by atoms with Gasteiger partial charge in [0.2, 0.25) is 5.91 Å². The molecule has 2 amide bonds. The Morgan fingerprint density at radius 3 is 2.81 bits per heavy atom. The molecule has 180 valence electrons. The monoisotopic (exact) mass is 495 g/mol. The average molecular weight is 496 g/mol. The normalized spacial score (nSPS) is 13.0. The van der Waals surface area contributed by atoms with Crippen LogP contribution in [0.1, 0.15) is 44.8 Å². The van der Waals surface area contributed by atoms with E-state index >= 15 is 0 Å². The largest absolute Gasteiger partial charge is 0.464 e. The fourth-order valence-corrected chi connectivity index (χ4v) is 6.32. The predicted octanol–water partition coefficient (Wildman–Crippen LogP) is 6.03. The van der Waals surface area contributed by atoms with Gasteiger partial charge in [0.05, 0.1) is 18.2 Å². The Balaban J connectivity index is 1.26. The molecule has 6 rings (SSSR count). The first kappa shape index (κ1) is 22.5. The molecular formula is C29H25N3O3S.